The number of benzene rings is 4. The van der Waals surface area contributed by atoms with Crippen LogP contribution in [0, 0.1) is 6.92 Å². The number of aromatic amines is 2. The average Bonchev–Trinajstić information content (AvgIpc) is 3.78. The minimum Gasteiger partial charge on any atom is -0.398 e. The van der Waals surface area contributed by atoms with E-state index in [9.17, 15) is 0 Å². The molecule has 8 bridgehead atoms. The van der Waals surface area contributed by atoms with E-state index in [1.807, 2.05) is 73.7 Å². The highest BCUT2D eigenvalue weighted by atomic mass is 15.1. The highest BCUT2D eigenvalue weighted by Gasteiger charge is 2.25. The van der Waals surface area contributed by atoms with Gasteiger partial charge in [0.2, 0.25) is 0 Å². The number of nitrogens with two attached hydrogens (primary N) is 4. The molecule has 0 atom stereocenters. The first-order chi connectivity index (χ1) is 21.9. The van der Waals surface area contributed by atoms with E-state index in [-0.39, 0.29) is 11.4 Å². The lowest BCUT2D eigenvalue weighted by Crippen LogP contribution is -2.03. The maximum atomic E-state index is 6.62. The summed E-state index contributed by atoms with van der Waals surface area (Å²) in [5.41, 5.74) is 33.3. The third-order valence-electron chi connectivity index (χ3n) is 8.53. The molecule has 45 heavy (non-hydrogen) atoms. The fourth-order valence-corrected chi connectivity index (χ4v) is 6.28. The molecule has 5 heterocycles. The van der Waals surface area contributed by atoms with Crippen molar-refractivity contribution in [3.8, 4) is 45.6 Å². The van der Waals surface area contributed by atoms with E-state index in [0.29, 0.717) is 79.2 Å². The van der Waals surface area contributed by atoms with Crippen molar-refractivity contribution in [2.75, 3.05) is 22.9 Å². The van der Waals surface area contributed by atoms with Crippen molar-refractivity contribution in [2.24, 2.45) is 0 Å². The predicted molar refractivity (Wildman–Crippen MR) is 178 cm³/mol. The number of nitrogen functional groups attached to an aromatic ring is 4. The van der Waals surface area contributed by atoms with Crippen molar-refractivity contribution in [1.82, 2.24) is 39.9 Å². The summed E-state index contributed by atoms with van der Waals surface area (Å²) in [6.07, 6.45) is 0. The van der Waals surface area contributed by atoms with Gasteiger partial charge in [0.1, 0.15) is 22.6 Å². The first kappa shape index (κ1) is 25.0. The van der Waals surface area contributed by atoms with Crippen molar-refractivity contribution >= 4 is 66.9 Å². The molecule has 7 aromatic rings. The summed E-state index contributed by atoms with van der Waals surface area (Å²) in [7, 11) is 0. The molecule has 0 radical (unpaired) electrons. The Morgan fingerprint density at radius 1 is 0.467 bits per heavy atom. The molecule has 0 unspecified atom stereocenters. The smallest absolute Gasteiger partial charge is 0.166 e. The minimum absolute atomic E-state index is 0.274. The summed E-state index contributed by atoms with van der Waals surface area (Å²) in [4.78, 5) is 36.6. The Morgan fingerprint density at radius 3 is 1.67 bits per heavy atom. The molecule has 216 valence electrons. The van der Waals surface area contributed by atoms with E-state index in [4.69, 9.17) is 52.8 Å². The maximum absolute atomic E-state index is 6.62. The Hall–Kier alpha value is -6.56. The van der Waals surface area contributed by atoms with Gasteiger partial charge in [-0.3, -0.25) is 0 Å². The molecular weight excluding hydrogens is 564 g/mol. The fourth-order valence-electron chi connectivity index (χ4n) is 6.28. The largest absolute Gasteiger partial charge is 0.398 e. The van der Waals surface area contributed by atoms with Crippen LogP contribution in [0.2, 0.25) is 0 Å². The maximum Gasteiger partial charge on any atom is 0.166 e. The van der Waals surface area contributed by atoms with Crippen LogP contribution in [0.15, 0.2) is 66.7 Å². The molecule has 10 N–H and O–H groups in total. The summed E-state index contributed by atoms with van der Waals surface area (Å²) >= 11 is 0. The number of H-pyrrole nitrogens is 2. The Kier molecular flexibility index (Phi) is 4.85. The third kappa shape index (κ3) is 3.41. The van der Waals surface area contributed by atoms with Crippen LogP contribution in [-0.4, -0.2) is 39.9 Å². The number of nitrogens with zero attached hydrogens (tertiary/aromatic N) is 6. The quantitative estimate of drug-likeness (QED) is 0.122. The number of rotatable bonds is 0. The van der Waals surface area contributed by atoms with Crippen LogP contribution in [0.25, 0.3) is 89.7 Å². The van der Waals surface area contributed by atoms with Crippen LogP contribution in [0.5, 0.6) is 0 Å². The van der Waals surface area contributed by atoms with Gasteiger partial charge in [-0.05, 0) is 18.6 Å². The molecule has 0 spiro atoms. The van der Waals surface area contributed by atoms with Crippen LogP contribution in [0.4, 0.5) is 22.7 Å². The van der Waals surface area contributed by atoms with E-state index in [1.54, 1.807) is 0 Å². The second-order valence-electron chi connectivity index (χ2n) is 11.1. The number of aryl methyl sites for hydroxylation is 1. The van der Waals surface area contributed by atoms with E-state index >= 15 is 0 Å². The van der Waals surface area contributed by atoms with Gasteiger partial charge in [0.15, 0.2) is 23.3 Å². The van der Waals surface area contributed by atoms with Gasteiger partial charge in [0.05, 0.1) is 28.0 Å². The van der Waals surface area contributed by atoms with Crippen LogP contribution >= 0.6 is 0 Å². The highest BCUT2D eigenvalue weighted by molar-refractivity contribution is 6.18. The van der Waals surface area contributed by atoms with Gasteiger partial charge in [-0.2, -0.15) is 0 Å². The lowest BCUT2D eigenvalue weighted by molar-refractivity contribution is 1.19. The molecule has 0 fully saturated rings. The first-order valence-electron chi connectivity index (χ1n) is 14.2. The second kappa shape index (κ2) is 8.74. The molecule has 12 nitrogen and oxygen atoms in total. The zero-order valence-electron chi connectivity index (χ0n) is 23.8. The van der Waals surface area contributed by atoms with Gasteiger partial charge < -0.3 is 32.9 Å². The third-order valence-corrected chi connectivity index (χ3v) is 8.53. The standard InChI is InChI=1S/C33H24N12/c1-13-20-22(24(36)25(37)23(13)35)33-44-31(20)42-29-17-10-5-4-9-16(17)27(40-29)38-26-14-7-2-3-8-15(14)28(39-26)41-30-18-11-6-12-19(34)21(18)32(43-30)45-33/h2-12H,34-37H2,1H3,(H2,38,39,40,41,42,43,44,45). The number of hydrogen-bond donors (Lipinski definition) is 6. The molecule has 2 aliphatic heterocycles. The lowest BCUT2D eigenvalue weighted by atomic mass is 10.0. The van der Waals surface area contributed by atoms with Gasteiger partial charge in [0.25, 0.3) is 0 Å². The van der Waals surface area contributed by atoms with Gasteiger partial charge in [0, 0.05) is 38.5 Å². The zero-order valence-corrected chi connectivity index (χ0v) is 23.8. The van der Waals surface area contributed by atoms with Crippen molar-refractivity contribution in [1.29, 1.82) is 0 Å². The van der Waals surface area contributed by atoms with E-state index in [1.165, 1.54) is 0 Å². The molecule has 0 amide bonds. The predicted octanol–water partition coefficient (Wildman–Crippen LogP) is 5.51. The topological polar surface area (TPSA) is 213 Å². The summed E-state index contributed by atoms with van der Waals surface area (Å²) in [5.74, 6) is 1.82. The van der Waals surface area contributed by atoms with E-state index in [2.05, 4.69) is 9.97 Å². The number of aromatic nitrogens is 8. The van der Waals surface area contributed by atoms with E-state index in [0.717, 1.165) is 27.5 Å². The molecular formula is C33H24N12. The monoisotopic (exact) mass is 588 g/mol. The summed E-state index contributed by atoms with van der Waals surface area (Å²) < 4.78 is 0. The number of fused-ring (bicyclic) bond motifs is 20. The van der Waals surface area contributed by atoms with Gasteiger partial charge in [-0.25, -0.2) is 29.9 Å². The van der Waals surface area contributed by atoms with E-state index < -0.39 is 0 Å². The fraction of sp³-hybridized carbons (Fsp3) is 0.0303. The Morgan fingerprint density at radius 2 is 0.978 bits per heavy atom. The van der Waals surface area contributed by atoms with Gasteiger partial charge in [-0.15, -0.1) is 0 Å². The number of anilines is 4. The average molecular weight is 589 g/mol. The summed E-state index contributed by atoms with van der Waals surface area (Å²) in [6, 6.07) is 21.4. The number of nitrogens with one attached hydrogen (secondary N) is 2. The molecule has 0 saturated carbocycles. The van der Waals surface area contributed by atoms with Crippen LogP contribution in [0.3, 0.4) is 0 Å². The van der Waals surface area contributed by atoms with Crippen molar-refractivity contribution in [2.45, 2.75) is 6.92 Å². The second-order valence-corrected chi connectivity index (χ2v) is 11.1. The molecule has 2 aliphatic rings. The Labute approximate surface area is 254 Å². The normalized spacial score (nSPS) is 12.0. The highest BCUT2D eigenvalue weighted by Crippen LogP contribution is 2.42. The molecule has 9 rings (SSSR count). The molecule has 4 aromatic carbocycles. The molecule has 3 aromatic heterocycles. The summed E-state index contributed by atoms with van der Waals surface area (Å²) in [6.45, 7) is 1.88. The van der Waals surface area contributed by atoms with Crippen molar-refractivity contribution in [3.63, 3.8) is 0 Å². The summed E-state index contributed by atoms with van der Waals surface area (Å²) in [5, 5.41) is 3.04. The van der Waals surface area contributed by atoms with Crippen molar-refractivity contribution in [3.05, 3.63) is 72.3 Å². The Bertz CT molecular complexity index is 2610. The lowest BCUT2D eigenvalue weighted by Gasteiger charge is -2.10. The van der Waals surface area contributed by atoms with Crippen LogP contribution < -0.4 is 22.9 Å². The molecule has 0 saturated heterocycles. The first-order valence-corrected chi connectivity index (χ1v) is 14.2. The Balaban J connectivity index is 1.55. The molecule has 12 heteroatoms. The van der Waals surface area contributed by atoms with Crippen LogP contribution in [-0.2, 0) is 0 Å². The van der Waals surface area contributed by atoms with Crippen molar-refractivity contribution < 1.29 is 0 Å². The van der Waals surface area contributed by atoms with Gasteiger partial charge >= 0.3 is 0 Å². The minimum atomic E-state index is 0.274. The number of hydrogen-bond acceptors (Lipinski definition) is 10. The molecule has 0 aliphatic carbocycles. The van der Waals surface area contributed by atoms with Gasteiger partial charge in [-0.1, -0.05) is 60.7 Å². The SMILES string of the molecule is Cc1c(N)c(N)c(N)c2c3nc4nc(nc5[nH]c(nc6nc(nc([nH]3)c12)-c1ccccc1-6)c1ccccc51)-c1cccc(N)c1-4. The van der Waals surface area contributed by atoms with Crippen LogP contribution in [0.1, 0.15) is 5.56 Å². The zero-order chi connectivity index (χ0) is 30.6.